The zero-order chi connectivity index (χ0) is 40.1. The van der Waals surface area contributed by atoms with Crippen LogP contribution in [-0.4, -0.2) is 90.3 Å². The molecular formula is C47H57N7O4. The number of phenols is 1. The van der Waals surface area contributed by atoms with Crippen LogP contribution in [0, 0.1) is 17.8 Å². The molecule has 0 radical (unpaired) electrons. The molecule has 5 heterocycles. The maximum absolute atomic E-state index is 14.3. The highest BCUT2D eigenvalue weighted by Crippen LogP contribution is 2.39. The molecule has 3 atom stereocenters. The molecule has 0 bridgehead atoms. The zero-order valence-electron chi connectivity index (χ0n) is 33.7. The second-order valence-electron chi connectivity index (χ2n) is 17.1. The third-order valence-corrected chi connectivity index (χ3v) is 13.6. The lowest BCUT2D eigenvalue weighted by Gasteiger charge is -2.42. The Hall–Kier alpha value is -5.29. The Morgan fingerprint density at radius 3 is 2.33 bits per heavy atom. The molecular weight excluding hydrogens is 727 g/mol. The van der Waals surface area contributed by atoms with Crippen LogP contribution < -0.4 is 20.4 Å². The number of hydrogen-bond acceptors (Lipinski definition) is 9. The molecule has 4 aliphatic heterocycles. The van der Waals surface area contributed by atoms with Gasteiger partial charge >= 0.3 is 0 Å². The van der Waals surface area contributed by atoms with E-state index in [1.54, 1.807) is 18.3 Å². The number of anilines is 2. The standard InChI is InChI=1S/C47H57N7O4/c1-33-18-24-52(31-34-19-25-53(26-20-34)38-13-11-35(12-14-38)40-15-16-44(56)50-45(40)57)32-36(33)17-23-48-46(58)47(37-7-3-2-4-8-37)21-27-54(28-22-47)39-29-42(51-49-30-39)41-9-5-6-10-43(41)55/h2-14,29-30,33-34,36,40,55H,15-28,31-32H2,1H3,(H,48,58)(H,50,56,57)/t33?,36-,40-/m1/s1. The largest absolute Gasteiger partial charge is 0.507 e. The van der Waals surface area contributed by atoms with E-state index in [0.717, 1.165) is 68.8 Å². The molecule has 4 aromatic rings. The number of hydrogen-bond donors (Lipinski definition) is 3. The number of nitrogens with zero attached hydrogens (tertiary/aromatic N) is 5. The predicted molar refractivity (Wildman–Crippen MR) is 227 cm³/mol. The van der Waals surface area contributed by atoms with Crippen molar-refractivity contribution in [1.82, 2.24) is 25.7 Å². The first-order chi connectivity index (χ1) is 28.3. The van der Waals surface area contributed by atoms with Crippen molar-refractivity contribution < 1.29 is 19.5 Å². The number of rotatable bonds is 11. The fourth-order valence-corrected chi connectivity index (χ4v) is 9.88. The van der Waals surface area contributed by atoms with Gasteiger partial charge in [-0.05, 0) is 111 Å². The normalized spacial score (nSPS) is 23.0. The van der Waals surface area contributed by atoms with Crippen LogP contribution in [0.1, 0.15) is 75.3 Å². The van der Waals surface area contributed by atoms with E-state index in [1.807, 2.05) is 36.4 Å². The Bertz CT molecular complexity index is 2040. The van der Waals surface area contributed by atoms with E-state index < -0.39 is 5.41 Å². The molecule has 0 saturated carbocycles. The number of aromatic hydroxyl groups is 1. The minimum absolute atomic E-state index is 0.124. The second kappa shape index (κ2) is 17.7. The van der Waals surface area contributed by atoms with Gasteiger partial charge in [-0.25, -0.2) is 0 Å². The lowest BCUT2D eigenvalue weighted by atomic mass is 9.71. The monoisotopic (exact) mass is 783 g/mol. The Balaban J connectivity index is 0.822. The number of carbonyl (C=O) groups is 3. The Labute approximate surface area is 342 Å². The highest BCUT2D eigenvalue weighted by atomic mass is 16.3. The maximum atomic E-state index is 14.3. The molecule has 1 unspecified atom stereocenters. The van der Waals surface area contributed by atoms with Gasteiger partial charge in [-0.3, -0.25) is 19.7 Å². The molecule has 4 aliphatic rings. The van der Waals surface area contributed by atoms with Gasteiger partial charge in [-0.2, -0.15) is 10.2 Å². The topological polar surface area (TPSA) is 131 Å². The van der Waals surface area contributed by atoms with E-state index in [9.17, 15) is 19.5 Å². The first-order valence-electron chi connectivity index (χ1n) is 21.4. The van der Waals surface area contributed by atoms with Gasteiger partial charge < -0.3 is 25.1 Å². The van der Waals surface area contributed by atoms with Gasteiger partial charge in [0.15, 0.2) is 0 Å². The van der Waals surface area contributed by atoms with Crippen molar-refractivity contribution in [2.75, 3.05) is 62.2 Å². The van der Waals surface area contributed by atoms with E-state index in [2.05, 4.69) is 78.9 Å². The highest BCUT2D eigenvalue weighted by Gasteiger charge is 2.43. The van der Waals surface area contributed by atoms with Crippen LogP contribution in [0.15, 0.2) is 91.1 Å². The van der Waals surface area contributed by atoms with Crippen molar-refractivity contribution in [3.63, 3.8) is 0 Å². The number of para-hydroxylation sites is 1. The van der Waals surface area contributed by atoms with Gasteiger partial charge in [-0.1, -0.05) is 61.5 Å². The van der Waals surface area contributed by atoms with Gasteiger partial charge in [0.1, 0.15) is 5.75 Å². The third-order valence-electron chi connectivity index (χ3n) is 13.6. The fraction of sp³-hybridized carbons (Fsp3) is 0.468. The number of piperidine rings is 4. The van der Waals surface area contributed by atoms with E-state index in [-0.39, 0.29) is 29.4 Å². The summed E-state index contributed by atoms with van der Waals surface area (Å²) in [7, 11) is 0. The minimum Gasteiger partial charge on any atom is -0.507 e. The molecule has 8 rings (SSSR count). The van der Waals surface area contributed by atoms with Crippen LogP contribution in [0.2, 0.25) is 0 Å². The minimum atomic E-state index is -0.604. The number of nitrogens with one attached hydrogen (secondary N) is 2. The van der Waals surface area contributed by atoms with Gasteiger partial charge in [0, 0.05) is 63.5 Å². The average Bonchev–Trinajstić information content (AvgIpc) is 3.26. The van der Waals surface area contributed by atoms with Crippen molar-refractivity contribution in [1.29, 1.82) is 0 Å². The average molecular weight is 784 g/mol. The second-order valence-corrected chi connectivity index (χ2v) is 17.1. The van der Waals surface area contributed by atoms with Gasteiger partial charge in [0.05, 0.1) is 28.9 Å². The van der Waals surface area contributed by atoms with Crippen LogP contribution in [0.25, 0.3) is 11.3 Å². The molecule has 11 nitrogen and oxygen atoms in total. The number of likely N-dealkylation sites (tertiary alicyclic amines) is 1. The lowest BCUT2D eigenvalue weighted by Crippen LogP contribution is -2.52. The van der Waals surface area contributed by atoms with Crippen molar-refractivity contribution in [2.24, 2.45) is 17.8 Å². The molecule has 3 amide bonds. The summed E-state index contributed by atoms with van der Waals surface area (Å²) in [4.78, 5) is 45.7. The van der Waals surface area contributed by atoms with Crippen molar-refractivity contribution in [2.45, 2.75) is 69.6 Å². The summed E-state index contributed by atoms with van der Waals surface area (Å²) in [5.74, 6) is 1.53. The Kier molecular flexibility index (Phi) is 12.1. The van der Waals surface area contributed by atoms with Crippen LogP contribution in [0.4, 0.5) is 11.4 Å². The Morgan fingerprint density at radius 2 is 1.59 bits per heavy atom. The van der Waals surface area contributed by atoms with Gasteiger partial charge in [-0.15, -0.1) is 0 Å². The van der Waals surface area contributed by atoms with Gasteiger partial charge in [0.25, 0.3) is 0 Å². The third kappa shape index (κ3) is 8.74. The molecule has 3 aromatic carbocycles. The number of carbonyl (C=O) groups excluding carboxylic acids is 3. The highest BCUT2D eigenvalue weighted by molar-refractivity contribution is 6.01. The van der Waals surface area contributed by atoms with E-state index in [4.69, 9.17) is 0 Å². The van der Waals surface area contributed by atoms with E-state index in [1.165, 1.54) is 12.1 Å². The van der Waals surface area contributed by atoms with Gasteiger partial charge in [0.2, 0.25) is 17.7 Å². The number of aromatic nitrogens is 2. The first-order valence-corrected chi connectivity index (χ1v) is 21.4. The Morgan fingerprint density at radius 1 is 0.862 bits per heavy atom. The number of amides is 3. The summed E-state index contributed by atoms with van der Waals surface area (Å²) in [5, 5.41) is 24.9. The number of benzene rings is 3. The molecule has 3 N–H and O–H groups in total. The quantitative estimate of drug-likeness (QED) is 0.150. The first kappa shape index (κ1) is 39.5. The molecule has 4 fully saturated rings. The lowest BCUT2D eigenvalue weighted by molar-refractivity contribution is -0.134. The summed E-state index contributed by atoms with van der Waals surface area (Å²) in [6, 6.07) is 27.8. The smallest absolute Gasteiger partial charge is 0.234 e. The van der Waals surface area contributed by atoms with E-state index in [0.29, 0.717) is 74.3 Å². The van der Waals surface area contributed by atoms with Crippen molar-refractivity contribution in [3.8, 4) is 17.0 Å². The van der Waals surface area contributed by atoms with Crippen LogP contribution in [0.5, 0.6) is 5.75 Å². The molecule has 0 spiro atoms. The molecule has 304 valence electrons. The van der Waals surface area contributed by atoms with Crippen molar-refractivity contribution in [3.05, 3.63) is 102 Å². The zero-order valence-corrected chi connectivity index (χ0v) is 33.7. The predicted octanol–water partition coefficient (Wildman–Crippen LogP) is 6.29. The summed E-state index contributed by atoms with van der Waals surface area (Å²) in [6.45, 7) is 9.89. The fourth-order valence-electron chi connectivity index (χ4n) is 9.88. The van der Waals surface area contributed by atoms with Crippen LogP contribution in [-0.2, 0) is 19.8 Å². The summed E-state index contributed by atoms with van der Waals surface area (Å²) in [5.41, 5.74) is 4.87. The maximum Gasteiger partial charge on any atom is 0.234 e. The summed E-state index contributed by atoms with van der Waals surface area (Å²) < 4.78 is 0. The number of imide groups is 1. The van der Waals surface area contributed by atoms with Crippen molar-refractivity contribution >= 4 is 29.1 Å². The number of phenolic OH excluding ortho intramolecular Hbond substituents is 1. The molecule has 11 heteroatoms. The molecule has 58 heavy (non-hydrogen) atoms. The molecule has 4 saturated heterocycles. The summed E-state index contributed by atoms with van der Waals surface area (Å²) in [6.07, 6.45) is 8.62. The molecule has 0 aliphatic carbocycles. The van der Waals surface area contributed by atoms with Crippen LogP contribution >= 0.6 is 0 Å². The van der Waals surface area contributed by atoms with Crippen LogP contribution in [0.3, 0.4) is 0 Å². The SMILES string of the molecule is CC1CCN(CC2CCN(c3ccc([C@H]4CCC(=O)NC4=O)cc3)CC2)C[C@H]1CCNC(=O)C1(c2ccccc2)CCN(c2cnnc(-c3ccccc3O)c2)CC1. The van der Waals surface area contributed by atoms with E-state index >= 15 is 0 Å². The molecule has 1 aromatic heterocycles. The summed E-state index contributed by atoms with van der Waals surface area (Å²) >= 11 is 0.